The molecule has 0 aliphatic carbocycles. The molecule has 1 N–H and O–H groups in total. The van der Waals surface area contributed by atoms with Crippen molar-refractivity contribution in [1.29, 1.82) is 0 Å². The lowest BCUT2D eigenvalue weighted by Gasteiger charge is -2.08. The van der Waals surface area contributed by atoms with Crippen LogP contribution in [-0.4, -0.2) is 13.4 Å². The van der Waals surface area contributed by atoms with Crippen molar-refractivity contribution in [2.75, 3.05) is 4.72 Å². The molecule has 0 unspecified atom stereocenters. The topological polar surface area (TPSA) is 72.2 Å². The molecule has 0 bridgehead atoms. The summed E-state index contributed by atoms with van der Waals surface area (Å²) in [6.45, 7) is 2.00. The number of nitrogens with zero attached hydrogens (tertiary/aromatic N) is 1. The molecule has 0 atom stereocenters. The van der Waals surface area contributed by atoms with E-state index in [1.165, 1.54) is 0 Å². The van der Waals surface area contributed by atoms with Crippen molar-refractivity contribution in [3.63, 3.8) is 0 Å². The molecule has 0 saturated carbocycles. The smallest absolute Gasteiger partial charge is 0.261 e. The minimum absolute atomic E-state index is 0.221. The Balaban J connectivity index is 1.60. The Hall–Kier alpha value is -3.12. The molecule has 3 aromatic carbocycles. The minimum atomic E-state index is -3.61. The van der Waals surface area contributed by atoms with E-state index in [0.717, 1.165) is 22.2 Å². The van der Waals surface area contributed by atoms with Crippen molar-refractivity contribution in [3.8, 4) is 11.5 Å². The lowest BCUT2D eigenvalue weighted by molar-refractivity contribution is 0.601. The number of benzene rings is 3. The Bertz CT molecular complexity index is 1160. The second kappa shape index (κ2) is 6.31. The van der Waals surface area contributed by atoms with Gasteiger partial charge in [0.2, 0.25) is 5.89 Å². The molecule has 5 nitrogen and oxygen atoms in total. The van der Waals surface area contributed by atoms with E-state index in [1.54, 1.807) is 54.6 Å². The molecule has 1 aromatic heterocycles. The van der Waals surface area contributed by atoms with Crippen LogP contribution >= 0.6 is 0 Å². The van der Waals surface area contributed by atoms with Gasteiger partial charge in [0.15, 0.2) is 5.58 Å². The molecule has 1 heterocycles. The fraction of sp³-hybridized carbons (Fsp3) is 0.0500. The number of aromatic nitrogens is 1. The summed E-state index contributed by atoms with van der Waals surface area (Å²) in [6, 6.07) is 21.0. The third kappa shape index (κ3) is 3.19. The third-order valence-electron chi connectivity index (χ3n) is 3.98. The van der Waals surface area contributed by atoms with Gasteiger partial charge in [0.25, 0.3) is 10.0 Å². The molecule has 0 spiro atoms. The first-order chi connectivity index (χ1) is 12.5. The van der Waals surface area contributed by atoms with Crippen LogP contribution in [0.4, 0.5) is 5.69 Å². The largest absolute Gasteiger partial charge is 0.436 e. The molecule has 6 heteroatoms. The van der Waals surface area contributed by atoms with Crippen LogP contribution in [0.1, 0.15) is 5.56 Å². The lowest BCUT2D eigenvalue weighted by atomic mass is 10.2. The van der Waals surface area contributed by atoms with E-state index in [2.05, 4.69) is 9.71 Å². The Labute approximate surface area is 151 Å². The molecule has 4 rings (SSSR count). The summed E-state index contributed by atoms with van der Waals surface area (Å²) in [5.74, 6) is 0.503. The average molecular weight is 364 g/mol. The van der Waals surface area contributed by atoms with Crippen LogP contribution in [0.2, 0.25) is 0 Å². The minimum Gasteiger partial charge on any atom is -0.436 e. The predicted molar refractivity (Wildman–Crippen MR) is 101 cm³/mol. The molecule has 130 valence electrons. The van der Waals surface area contributed by atoms with E-state index in [-0.39, 0.29) is 4.90 Å². The number of aryl methyl sites for hydroxylation is 1. The normalized spacial score (nSPS) is 11.6. The van der Waals surface area contributed by atoms with Gasteiger partial charge in [-0.2, -0.15) is 0 Å². The van der Waals surface area contributed by atoms with Crippen LogP contribution in [0.5, 0.6) is 0 Å². The zero-order valence-corrected chi connectivity index (χ0v) is 14.8. The zero-order chi connectivity index (χ0) is 18.1. The molecule has 0 aliphatic heterocycles. The van der Waals surface area contributed by atoms with Crippen molar-refractivity contribution < 1.29 is 12.8 Å². The van der Waals surface area contributed by atoms with Crippen molar-refractivity contribution in [3.05, 3.63) is 78.4 Å². The molecular formula is C20H16N2O3S. The first kappa shape index (κ1) is 16.4. The van der Waals surface area contributed by atoms with Gasteiger partial charge in [-0.05, 0) is 61.0 Å². The van der Waals surface area contributed by atoms with Crippen molar-refractivity contribution in [1.82, 2.24) is 4.98 Å². The lowest BCUT2D eigenvalue weighted by Crippen LogP contribution is -2.12. The number of anilines is 1. The fourth-order valence-electron chi connectivity index (χ4n) is 2.66. The van der Waals surface area contributed by atoms with Gasteiger partial charge >= 0.3 is 0 Å². The number of fused-ring (bicyclic) bond motifs is 1. The van der Waals surface area contributed by atoms with Crippen molar-refractivity contribution in [2.45, 2.75) is 11.8 Å². The number of hydrogen-bond acceptors (Lipinski definition) is 4. The number of hydrogen-bond donors (Lipinski definition) is 1. The number of nitrogens with one attached hydrogen (secondary N) is 1. The molecule has 26 heavy (non-hydrogen) atoms. The van der Waals surface area contributed by atoms with Crippen LogP contribution in [0, 0.1) is 6.92 Å². The van der Waals surface area contributed by atoms with E-state index in [0.29, 0.717) is 11.6 Å². The van der Waals surface area contributed by atoms with Crippen molar-refractivity contribution in [2.24, 2.45) is 0 Å². The van der Waals surface area contributed by atoms with E-state index in [4.69, 9.17) is 4.42 Å². The third-order valence-corrected chi connectivity index (χ3v) is 5.38. The predicted octanol–water partition coefficient (Wildman–Crippen LogP) is 4.60. The van der Waals surface area contributed by atoms with Gasteiger partial charge in [-0.1, -0.05) is 24.3 Å². The van der Waals surface area contributed by atoms with E-state index >= 15 is 0 Å². The summed E-state index contributed by atoms with van der Waals surface area (Å²) in [4.78, 5) is 4.71. The standard InChI is InChI=1S/C20H16N2O3S/c1-14-7-12-19-18(13-14)21-20(25-19)15-8-10-16(11-9-15)22-26(23,24)17-5-3-2-4-6-17/h2-13,22H,1H3. The maximum absolute atomic E-state index is 12.4. The van der Waals surface area contributed by atoms with Crippen LogP contribution in [-0.2, 0) is 10.0 Å². The first-order valence-electron chi connectivity index (χ1n) is 8.07. The summed E-state index contributed by atoms with van der Waals surface area (Å²) < 4.78 is 33.1. The first-order valence-corrected chi connectivity index (χ1v) is 9.55. The molecule has 4 aromatic rings. The average Bonchev–Trinajstić information content (AvgIpc) is 3.06. The summed E-state index contributed by atoms with van der Waals surface area (Å²) >= 11 is 0. The second-order valence-electron chi connectivity index (χ2n) is 5.99. The highest BCUT2D eigenvalue weighted by molar-refractivity contribution is 7.92. The van der Waals surface area contributed by atoms with Crippen LogP contribution in [0.25, 0.3) is 22.6 Å². The van der Waals surface area contributed by atoms with Crippen LogP contribution < -0.4 is 4.72 Å². The zero-order valence-electron chi connectivity index (χ0n) is 14.0. The van der Waals surface area contributed by atoms with E-state index in [1.807, 2.05) is 25.1 Å². The van der Waals surface area contributed by atoms with Crippen LogP contribution in [0.15, 0.2) is 82.1 Å². The van der Waals surface area contributed by atoms with E-state index in [9.17, 15) is 8.42 Å². The van der Waals surface area contributed by atoms with Gasteiger partial charge in [0.1, 0.15) is 5.52 Å². The van der Waals surface area contributed by atoms with Gasteiger partial charge in [0, 0.05) is 11.3 Å². The van der Waals surface area contributed by atoms with Gasteiger partial charge in [-0.25, -0.2) is 13.4 Å². The summed E-state index contributed by atoms with van der Waals surface area (Å²) in [5, 5.41) is 0. The van der Waals surface area contributed by atoms with Crippen molar-refractivity contribution >= 4 is 26.8 Å². The Morgan fingerprint density at radius 3 is 2.38 bits per heavy atom. The molecule has 0 fully saturated rings. The monoisotopic (exact) mass is 364 g/mol. The molecule has 0 saturated heterocycles. The summed E-state index contributed by atoms with van der Waals surface area (Å²) in [5.41, 5.74) is 3.89. The summed E-state index contributed by atoms with van der Waals surface area (Å²) in [7, 11) is -3.61. The summed E-state index contributed by atoms with van der Waals surface area (Å²) in [6.07, 6.45) is 0. The Morgan fingerprint density at radius 2 is 1.65 bits per heavy atom. The van der Waals surface area contributed by atoms with E-state index < -0.39 is 10.0 Å². The molecule has 0 amide bonds. The molecule has 0 aliphatic rings. The molecule has 0 radical (unpaired) electrons. The van der Waals surface area contributed by atoms with Gasteiger partial charge in [-0.3, -0.25) is 4.72 Å². The SMILES string of the molecule is Cc1ccc2oc(-c3ccc(NS(=O)(=O)c4ccccc4)cc3)nc2c1. The number of rotatable bonds is 4. The number of oxazole rings is 1. The maximum atomic E-state index is 12.4. The van der Waals surface area contributed by atoms with Crippen LogP contribution in [0.3, 0.4) is 0 Å². The Kier molecular flexibility index (Phi) is 3.97. The highest BCUT2D eigenvalue weighted by atomic mass is 32.2. The maximum Gasteiger partial charge on any atom is 0.261 e. The highest BCUT2D eigenvalue weighted by Gasteiger charge is 2.14. The fourth-order valence-corrected chi connectivity index (χ4v) is 3.74. The quantitative estimate of drug-likeness (QED) is 0.574. The van der Waals surface area contributed by atoms with Gasteiger partial charge in [0.05, 0.1) is 4.90 Å². The number of sulfonamides is 1. The molecular weight excluding hydrogens is 348 g/mol. The second-order valence-corrected chi connectivity index (χ2v) is 7.67. The highest BCUT2D eigenvalue weighted by Crippen LogP contribution is 2.26. The van der Waals surface area contributed by atoms with Gasteiger partial charge in [-0.15, -0.1) is 0 Å². The Morgan fingerprint density at radius 1 is 0.923 bits per heavy atom. The van der Waals surface area contributed by atoms with Gasteiger partial charge < -0.3 is 4.42 Å².